The molecule has 3 rings (SSSR count). The van der Waals surface area contributed by atoms with Crippen LogP contribution >= 0.6 is 11.3 Å². The normalized spacial score (nSPS) is 11.0. The van der Waals surface area contributed by atoms with Crippen LogP contribution in [-0.4, -0.2) is 9.55 Å². The van der Waals surface area contributed by atoms with Gasteiger partial charge in [-0.2, -0.15) is 5.26 Å². The van der Waals surface area contributed by atoms with Gasteiger partial charge in [-0.1, -0.05) is 19.1 Å². The first-order chi connectivity index (χ1) is 12.1. The standard InChI is InChI=1S/C19H18FN3OS/c1-3-15-22-18-17(19(24)23(15)11-5-4-10-21)16(12(2)25-18)13-6-8-14(20)9-7-13/h6-9H,3-5,11H2,1-2H3. The van der Waals surface area contributed by atoms with E-state index in [9.17, 15) is 9.18 Å². The molecule has 0 saturated carbocycles. The Hall–Kier alpha value is -2.52. The predicted octanol–water partition coefficient (Wildman–Crippen LogP) is 4.44. The first-order valence-corrected chi connectivity index (χ1v) is 9.04. The highest BCUT2D eigenvalue weighted by molar-refractivity contribution is 7.19. The summed E-state index contributed by atoms with van der Waals surface area (Å²) in [5, 5.41) is 9.33. The fraction of sp³-hybridized carbons (Fsp3) is 0.316. The maximum Gasteiger partial charge on any atom is 0.262 e. The summed E-state index contributed by atoms with van der Waals surface area (Å²) in [6.07, 6.45) is 1.67. The van der Waals surface area contributed by atoms with E-state index < -0.39 is 0 Å². The number of nitriles is 1. The van der Waals surface area contributed by atoms with Crippen molar-refractivity contribution in [3.63, 3.8) is 0 Å². The molecule has 0 amide bonds. The highest BCUT2D eigenvalue weighted by atomic mass is 32.1. The number of thiophene rings is 1. The zero-order valence-electron chi connectivity index (χ0n) is 14.2. The van der Waals surface area contributed by atoms with Gasteiger partial charge in [0.1, 0.15) is 16.5 Å². The fourth-order valence-electron chi connectivity index (χ4n) is 3.02. The number of fused-ring (bicyclic) bond motifs is 1. The Morgan fingerprint density at radius 2 is 2.04 bits per heavy atom. The summed E-state index contributed by atoms with van der Waals surface area (Å²) < 4.78 is 14.9. The van der Waals surface area contributed by atoms with Crippen molar-refractivity contribution in [1.29, 1.82) is 5.26 Å². The Bertz CT molecular complexity index is 1010. The second-order valence-electron chi connectivity index (χ2n) is 5.82. The highest BCUT2D eigenvalue weighted by Gasteiger charge is 2.19. The molecule has 2 aromatic heterocycles. The van der Waals surface area contributed by atoms with Crippen molar-refractivity contribution in [2.24, 2.45) is 0 Å². The molecule has 4 nitrogen and oxygen atoms in total. The molecule has 0 atom stereocenters. The van der Waals surface area contributed by atoms with Crippen molar-refractivity contribution in [1.82, 2.24) is 9.55 Å². The van der Waals surface area contributed by atoms with Crippen molar-refractivity contribution in [3.05, 3.63) is 51.1 Å². The quantitative estimate of drug-likeness (QED) is 0.636. The lowest BCUT2D eigenvalue weighted by Crippen LogP contribution is -2.25. The molecule has 25 heavy (non-hydrogen) atoms. The minimum absolute atomic E-state index is 0.0801. The summed E-state index contributed by atoms with van der Waals surface area (Å²) in [6, 6.07) is 8.29. The molecular formula is C19H18FN3OS. The number of aromatic nitrogens is 2. The van der Waals surface area contributed by atoms with Crippen molar-refractivity contribution in [2.45, 2.75) is 39.7 Å². The third-order valence-corrected chi connectivity index (χ3v) is 5.19. The first kappa shape index (κ1) is 17.3. The maximum absolute atomic E-state index is 13.3. The topological polar surface area (TPSA) is 58.7 Å². The first-order valence-electron chi connectivity index (χ1n) is 8.22. The fourth-order valence-corrected chi connectivity index (χ4v) is 4.07. The second kappa shape index (κ2) is 7.16. The minimum atomic E-state index is -0.304. The van der Waals surface area contributed by atoms with Crippen LogP contribution in [0.1, 0.15) is 30.5 Å². The maximum atomic E-state index is 13.3. The molecule has 0 spiro atoms. The van der Waals surface area contributed by atoms with E-state index in [2.05, 4.69) is 11.1 Å². The molecule has 0 aliphatic rings. The van der Waals surface area contributed by atoms with Gasteiger partial charge in [0.05, 0.1) is 11.5 Å². The molecular weight excluding hydrogens is 337 g/mol. The monoisotopic (exact) mass is 355 g/mol. The Balaban J connectivity index is 2.24. The zero-order chi connectivity index (χ0) is 18.0. The Labute approximate surface area is 149 Å². The molecule has 2 heterocycles. The van der Waals surface area contributed by atoms with Crippen molar-refractivity contribution in [2.75, 3.05) is 0 Å². The van der Waals surface area contributed by atoms with E-state index in [4.69, 9.17) is 5.26 Å². The van der Waals surface area contributed by atoms with E-state index >= 15 is 0 Å². The average molecular weight is 355 g/mol. The molecule has 1 aromatic carbocycles. The van der Waals surface area contributed by atoms with Gasteiger partial charge >= 0.3 is 0 Å². The second-order valence-corrected chi connectivity index (χ2v) is 7.02. The van der Waals surface area contributed by atoms with Gasteiger partial charge in [-0.05, 0) is 31.0 Å². The molecule has 6 heteroatoms. The van der Waals surface area contributed by atoms with Crippen LogP contribution in [0.25, 0.3) is 21.3 Å². The molecule has 0 aliphatic carbocycles. The molecule has 0 fully saturated rings. The van der Waals surface area contributed by atoms with E-state index in [1.807, 2.05) is 13.8 Å². The zero-order valence-corrected chi connectivity index (χ0v) is 15.0. The van der Waals surface area contributed by atoms with Crippen molar-refractivity contribution in [3.8, 4) is 17.2 Å². The van der Waals surface area contributed by atoms with Crippen LogP contribution in [0.2, 0.25) is 0 Å². The molecule has 0 bridgehead atoms. The summed E-state index contributed by atoms with van der Waals surface area (Å²) in [5.41, 5.74) is 1.56. The largest absolute Gasteiger partial charge is 0.296 e. The highest BCUT2D eigenvalue weighted by Crippen LogP contribution is 2.35. The van der Waals surface area contributed by atoms with E-state index in [1.165, 1.54) is 23.5 Å². The number of nitrogens with zero attached hydrogens (tertiary/aromatic N) is 3. The SMILES string of the molecule is CCc1nc2sc(C)c(-c3ccc(F)cc3)c2c(=O)n1CCCC#N. The lowest BCUT2D eigenvalue weighted by atomic mass is 10.0. The Morgan fingerprint density at radius 1 is 1.32 bits per heavy atom. The number of aryl methyl sites for hydroxylation is 2. The predicted molar refractivity (Wildman–Crippen MR) is 98.2 cm³/mol. The molecule has 3 aromatic rings. The van der Waals surface area contributed by atoms with Gasteiger partial charge in [0.2, 0.25) is 0 Å². The van der Waals surface area contributed by atoms with Gasteiger partial charge in [-0.15, -0.1) is 11.3 Å². The van der Waals surface area contributed by atoms with Gasteiger partial charge in [0.25, 0.3) is 5.56 Å². The van der Waals surface area contributed by atoms with Crippen LogP contribution in [0.15, 0.2) is 29.1 Å². The van der Waals surface area contributed by atoms with Gasteiger partial charge in [0.15, 0.2) is 0 Å². The smallest absolute Gasteiger partial charge is 0.262 e. The van der Waals surface area contributed by atoms with E-state index in [-0.39, 0.29) is 11.4 Å². The lowest BCUT2D eigenvalue weighted by molar-refractivity contribution is 0.594. The summed E-state index contributed by atoms with van der Waals surface area (Å²) in [6.45, 7) is 4.40. The lowest BCUT2D eigenvalue weighted by Gasteiger charge is -2.11. The van der Waals surface area contributed by atoms with Crippen LogP contribution in [0.4, 0.5) is 4.39 Å². The Kier molecular flexibility index (Phi) is 4.95. The summed E-state index contributed by atoms with van der Waals surface area (Å²) in [7, 11) is 0. The number of halogens is 1. The minimum Gasteiger partial charge on any atom is -0.296 e. The van der Waals surface area contributed by atoms with Crippen LogP contribution in [0.5, 0.6) is 0 Å². The molecule has 128 valence electrons. The number of rotatable bonds is 5. The van der Waals surface area contributed by atoms with Crippen LogP contribution in [0, 0.1) is 24.1 Å². The van der Waals surface area contributed by atoms with Gasteiger partial charge in [-0.25, -0.2) is 9.37 Å². The number of unbranched alkanes of at least 4 members (excludes halogenated alkanes) is 1. The van der Waals surface area contributed by atoms with Crippen molar-refractivity contribution < 1.29 is 4.39 Å². The van der Waals surface area contributed by atoms with E-state index in [0.29, 0.717) is 31.2 Å². The molecule has 0 unspecified atom stereocenters. The summed E-state index contributed by atoms with van der Waals surface area (Å²) in [5.74, 6) is 0.434. The molecule has 0 aliphatic heterocycles. The molecule has 0 saturated heterocycles. The molecule has 0 N–H and O–H groups in total. The van der Waals surface area contributed by atoms with Crippen LogP contribution in [0.3, 0.4) is 0 Å². The number of benzene rings is 1. The average Bonchev–Trinajstić information content (AvgIpc) is 2.93. The third kappa shape index (κ3) is 3.20. The summed E-state index contributed by atoms with van der Waals surface area (Å²) >= 11 is 1.49. The number of hydrogen-bond acceptors (Lipinski definition) is 4. The third-order valence-electron chi connectivity index (χ3n) is 4.19. The van der Waals surface area contributed by atoms with E-state index in [1.54, 1.807) is 16.7 Å². The summed E-state index contributed by atoms with van der Waals surface area (Å²) in [4.78, 5) is 19.5. The van der Waals surface area contributed by atoms with Crippen molar-refractivity contribution >= 4 is 21.6 Å². The number of hydrogen-bond donors (Lipinski definition) is 0. The Morgan fingerprint density at radius 3 is 2.68 bits per heavy atom. The molecule has 0 radical (unpaired) electrons. The van der Waals surface area contributed by atoms with E-state index in [0.717, 1.165) is 26.7 Å². The van der Waals surface area contributed by atoms with Gasteiger partial charge in [-0.3, -0.25) is 9.36 Å². The van der Waals surface area contributed by atoms with Gasteiger partial charge < -0.3 is 0 Å². The van der Waals surface area contributed by atoms with Gasteiger partial charge in [0, 0.05) is 29.8 Å². The van der Waals surface area contributed by atoms with Crippen LogP contribution < -0.4 is 5.56 Å². The van der Waals surface area contributed by atoms with Crippen LogP contribution in [-0.2, 0) is 13.0 Å².